The first-order valence-corrected chi connectivity index (χ1v) is 6.09. The lowest BCUT2D eigenvalue weighted by Gasteiger charge is -2.13. The minimum Gasteiger partial charge on any atom is -0.353 e. The second-order valence-electron chi connectivity index (χ2n) is 3.62. The van der Waals surface area contributed by atoms with E-state index in [1.54, 1.807) is 11.6 Å². The molecule has 0 spiro atoms. The van der Waals surface area contributed by atoms with Gasteiger partial charge in [0.15, 0.2) is 0 Å². The molecule has 0 aliphatic heterocycles. The van der Waals surface area contributed by atoms with Crippen LogP contribution in [0.5, 0.6) is 0 Å². The molecule has 0 saturated heterocycles. The average Bonchev–Trinajstić information content (AvgIpc) is 2.52. The number of halogens is 1. The zero-order valence-electron chi connectivity index (χ0n) is 9.62. The summed E-state index contributed by atoms with van der Waals surface area (Å²) in [5, 5.41) is 7.63. The van der Waals surface area contributed by atoms with Crippen molar-refractivity contribution < 1.29 is 4.79 Å². The largest absolute Gasteiger partial charge is 0.353 e. The van der Waals surface area contributed by atoms with Crippen LogP contribution in [0.2, 0.25) is 5.02 Å². The van der Waals surface area contributed by atoms with E-state index in [1.165, 1.54) is 0 Å². The molecule has 0 aromatic carbocycles. The van der Waals surface area contributed by atoms with Gasteiger partial charge in [-0.1, -0.05) is 11.6 Å². The van der Waals surface area contributed by atoms with E-state index < -0.39 is 0 Å². The molecule has 1 N–H and O–H groups in total. The van der Waals surface area contributed by atoms with Gasteiger partial charge in [-0.3, -0.25) is 9.48 Å². The summed E-state index contributed by atoms with van der Waals surface area (Å²) in [6.45, 7) is 6.03. The Balaban J connectivity index is 2.83. The zero-order valence-corrected chi connectivity index (χ0v) is 11.3. The fourth-order valence-electron chi connectivity index (χ4n) is 1.46. The van der Waals surface area contributed by atoms with Crippen LogP contribution in [0.3, 0.4) is 0 Å². The standard InChI is InChI=1S/C10H16ClN3OS/c1-6-9(11)7(2)14(13-6)8(3)10(15)12-4-5-16/h8,16H,4-5H2,1-3H3,(H,12,15). The van der Waals surface area contributed by atoms with Crippen molar-refractivity contribution in [2.24, 2.45) is 0 Å². The molecule has 90 valence electrons. The monoisotopic (exact) mass is 261 g/mol. The topological polar surface area (TPSA) is 46.9 Å². The van der Waals surface area contributed by atoms with Crippen LogP contribution < -0.4 is 5.32 Å². The van der Waals surface area contributed by atoms with E-state index in [9.17, 15) is 4.79 Å². The van der Waals surface area contributed by atoms with E-state index in [2.05, 4.69) is 23.0 Å². The van der Waals surface area contributed by atoms with E-state index in [-0.39, 0.29) is 11.9 Å². The SMILES string of the molecule is Cc1nn(C(C)C(=O)NCCS)c(C)c1Cl. The maximum Gasteiger partial charge on any atom is 0.244 e. The molecule has 1 amide bonds. The number of nitrogens with one attached hydrogen (secondary N) is 1. The Bertz CT molecular complexity index is 392. The minimum absolute atomic E-state index is 0.0729. The summed E-state index contributed by atoms with van der Waals surface area (Å²) in [5.41, 5.74) is 1.56. The van der Waals surface area contributed by atoms with Crippen LogP contribution in [0.15, 0.2) is 0 Å². The molecule has 1 rings (SSSR count). The number of aromatic nitrogens is 2. The third kappa shape index (κ3) is 2.71. The van der Waals surface area contributed by atoms with Gasteiger partial charge in [0, 0.05) is 12.3 Å². The van der Waals surface area contributed by atoms with Crippen LogP contribution in [0.4, 0.5) is 0 Å². The molecule has 16 heavy (non-hydrogen) atoms. The number of hydrogen-bond acceptors (Lipinski definition) is 3. The molecule has 1 atom stereocenters. The van der Waals surface area contributed by atoms with Crippen molar-refractivity contribution in [3.8, 4) is 0 Å². The van der Waals surface area contributed by atoms with Crippen molar-refractivity contribution in [2.75, 3.05) is 12.3 Å². The van der Waals surface area contributed by atoms with Gasteiger partial charge in [0.2, 0.25) is 5.91 Å². The first kappa shape index (κ1) is 13.4. The van der Waals surface area contributed by atoms with Gasteiger partial charge in [-0.15, -0.1) is 0 Å². The van der Waals surface area contributed by atoms with E-state index >= 15 is 0 Å². The number of carbonyl (C=O) groups excluding carboxylic acids is 1. The smallest absolute Gasteiger partial charge is 0.244 e. The van der Waals surface area contributed by atoms with Crippen molar-refractivity contribution in [3.05, 3.63) is 16.4 Å². The molecule has 4 nitrogen and oxygen atoms in total. The van der Waals surface area contributed by atoms with Gasteiger partial charge >= 0.3 is 0 Å². The fourth-order valence-corrected chi connectivity index (χ4v) is 1.69. The molecule has 1 unspecified atom stereocenters. The van der Waals surface area contributed by atoms with Crippen molar-refractivity contribution in [1.82, 2.24) is 15.1 Å². The number of hydrogen-bond donors (Lipinski definition) is 2. The summed E-state index contributed by atoms with van der Waals surface area (Å²) < 4.78 is 1.64. The Morgan fingerprint density at radius 2 is 2.25 bits per heavy atom. The first-order chi connectivity index (χ1) is 7.49. The molecule has 0 bridgehead atoms. The second kappa shape index (κ2) is 5.59. The molecule has 1 aromatic heterocycles. The summed E-state index contributed by atoms with van der Waals surface area (Å²) in [6.07, 6.45) is 0. The van der Waals surface area contributed by atoms with Gasteiger partial charge < -0.3 is 5.32 Å². The van der Waals surface area contributed by atoms with Crippen LogP contribution >= 0.6 is 24.2 Å². The summed E-state index contributed by atoms with van der Waals surface area (Å²) in [4.78, 5) is 11.7. The lowest BCUT2D eigenvalue weighted by molar-refractivity contribution is -0.124. The number of carbonyl (C=O) groups is 1. The second-order valence-corrected chi connectivity index (χ2v) is 4.45. The quantitative estimate of drug-likeness (QED) is 0.812. The Morgan fingerprint density at radius 3 is 2.69 bits per heavy atom. The van der Waals surface area contributed by atoms with Crippen molar-refractivity contribution in [3.63, 3.8) is 0 Å². The number of thiol groups is 1. The molecule has 0 radical (unpaired) electrons. The van der Waals surface area contributed by atoms with Gasteiger partial charge in [-0.2, -0.15) is 17.7 Å². The summed E-state index contributed by atoms with van der Waals surface area (Å²) in [7, 11) is 0. The van der Waals surface area contributed by atoms with Gasteiger partial charge in [-0.25, -0.2) is 0 Å². The molecule has 0 saturated carbocycles. The van der Waals surface area contributed by atoms with Crippen LogP contribution in [0, 0.1) is 13.8 Å². The fraction of sp³-hybridized carbons (Fsp3) is 0.600. The highest BCUT2D eigenvalue weighted by molar-refractivity contribution is 7.80. The number of nitrogens with zero attached hydrogens (tertiary/aromatic N) is 2. The van der Waals surface area contributed by atoms with Gasteiger partial charge in [0.25, 0.3) is 0 Å². The molecule has 1 aromatic rings. The van der Waals surface area contributed by atoms with Gasteiger partial charge in [0.1, 0.15) is 6.04 Å². The van der Waals surface area contributed by atoms with Crippen LogP contribution in [0.1, 0.15) is 24.4 Å². The Morgan fingerprint density at radius 1 is 1.62 bits per heavy atom. The minimum atomic E-state index is -0.355. The molecule has 6 heteroatoms. The summed E-state index contributed by atoms with van der Waals surface area (Å²) in [5.74, 6) is 0.549. The zero-order chi connectivity index (χ0) is 12.3. The van der Waals surface area contributed by atoms with E-state index in [0.29, 0.717) is 17.3 Å². The number of rotatable bonds is 4. The first-order valence-electron chi connectivity index (χ1n) is 5.08. The highest BCUT2D eigenvalue weighted by Gasteiger charge is 2.19. The van der Waals surface area contributed by atoms with E-state index in [1.807, 2.05) is 13.8 Å². The normalized spacial score (nSPS) is 12.6. The van der Waals surface area contributed by atoms with Gasteiger partial charge in [-0.05, 0) is 20.8 Å². The molecule has 0 aliphatic carbocycles. The van der Waals surface area contributed by atoms with Crippen LogP contribution in [0.25, 0.3) is 0 Å². The third-order valence-corrected chi connectivity index (χ3v) is 3.16. The molecular weight excluding hydrogens is 246 g/mol. The van der Waals surface area contributed by atoms with Gasteiger partial charge in [0.05, 0.1) is 16.4 Å². The van der Waals surface area contributed by atoms with Crippen molar-refractivity contribution in [1.29, 1.82) is 0 Å². The predicted octanol–water partition coefficient (Wildman–Crippen LogP) is 1.76. The molecule has 0 aliphatic rings. The summed E-state index contributed by atoms with van der Waals surface area (Å²) in [6, 6.07) is -0.355. The Hall–Kier alpha value is -0.680. The van der Waals surface area contributed by atoms with E-state index in [0.717, 1.165) is 11.4 Å². The van der Waals surface area contributed by atoms with Crippen molar-refractivity contribution >= 4 is 30.1 Å². The Labute approximate surface area is 106 Å². The molecule has 0 fully saturated rings. The maximum absolute atomic E-state index is 11.7. The highest BCUT2D eigenvalue weighted by atomic mass is 35.5. The molecule has 1 heterocycles. The average molecular weight is 262 g/mol. The third-order valence-electron chi connectivity index (χ3n) is 2.39. The highest BCUT2D eigenvalue weighted by Crippen LogP contribution is 2.21. The van der Waals surface area contributed by atoms with Crippen LogP contribution in [-0.4, -0.2) is 28.0 Å². The lowest BCUT2D eigenvalue weighted by atomic mass is 10.3. The number of amides is 1. The Kier molecular flexibility index (Phi) is 4.68. The lowest BCUT2D eigenvalue weighted by Crippen LogP contribution is -2.33. The maximum atomic E-state index is 11.7. The predicted molar refractivity (Wildman–Crippen MR) is 68.3 cm³/mol. The summed E-state index contributed by atoms with van der Waals surface area (Å²) >= 11 is 10.1. The van der Waals surface area contributed by atoms with Crippen molar-refractivity contribution in [2.45, 2.75) is 26.8 Å². The number of aryl methyl sites for hydroxylation is 1. The molecular formula is C10H16ClN3OS. The van der Waals surface area contributed by atoms with Crippen LogP contribution in [-0.2, 0) is 4.79 Å². The van der Waals surface area contributed by atoms with E-state index in [4.69, 9.17) is 11.6 Å².